The average molecular weight is 642 g/mol. The number of benzene rings is 5. The second kappa shape index (κ2) is 14.5. The Bertz CT molecular complexity index is 1930. The molecule has 1 aliphatic heterocycles. The van der Waals surface area contributed by atoms with Gasteiger partial charge in [-0.25, -0.2) is 0 Å². The largest absolute Gasteiger partial charge is 0.454 e. The molecule has 8 nitrogen and oxygen atoms in total. The Hall–Kier alpha value is -5.80. The van der Waals surface area contributed by atoms with Gasteiger partial charge in [0, 0.05) is 27.9 Å². The van der Waals surface area contributed by atoms with Crippen molar-refractivity contribution in [3.63, 3.8) is 0 Å². The molecule has 1 atom stereocenters. The number of carbonyl (C=O) groups is 3. The second-order valence-corrected chi connectivity index (χ2v) is 11.9. The number of aryl methyl sites for hydroxylation is 1. The van der Waals surface area contributed by atoms with Gasteiger partial charge in [-0.05, 0) is 66.6 Å². The summed E-state index contributed by atoms with van der Waals surface area (Å²) >= 11 is 1.35. The first-order chi connectivity index (χ1) is 22.9. The van der Waals surface area contributed by atoms with Gasteiger partial charge in [0.1, 0.15) is 10.9 Å². The highest BCUT2D eigenvalue weighted by Crippen LogP contribution is 2.39. The minimum absolute atomic E-state index is 0.0889. The lowest BCUT2D eigenvalue weighted by Crippen LogP contribution is -2.30. The van der Waals surface area contributed by atoms with E-state index in [4.69, 9.17) is 9.47 Å². The van der Waals surface area contributed by atoms with Crippen LogP contribution in [-0.4, -0.2) is 24.5 Å². The van der Waals surface area contributed by atoms with E-state index in [1.165, 1.54) is 11.8 Å². The maximum Gasteiger partial charge on any atom is 0.272 e. The van der Waals surface area contributed by atoms with Crippen LogP contribution in [0, 0.1) is 6.92 Å². The first kappa shape index (κ1) is 31.2. The number of carbonyl (C=O) groups excluding carboxylic acids is 3. The molecule has 0 saturated carbocycles. The van der Waals surface area contributed by atoms with Crippen molar-refractivity contribution in [2.75, 3.05) is 17.4 Å². The molecule has 1 unspecified atom stereocenters. The molecule has 3 amide bonds. The number of nitrogens with one attached hydrogen (secondary N) is 3. The van der Waals surface area contributed by atoms with E-state index in [1.54, 1.807) is 60.7 Å². The molecule has 3 N–H and O–H groups in total. The van der Waals surface area contributed by atoms with Crippen molar-refractivity contribution in [1.29, 1.82) is 0 Å². The molecule has 0 aliphatic carbocycles. The van der Waals surface area contributed by atoms with Crippen LogP contribution in [0.5, 0.6) is 11.5 Å². The second-order valence-electron chi connectivity index (χ2n) is 10.7. The van der Waals surface area contributed by atoms with Gasteiger partial charge >= 0.3 is 0 Å². The highest BCUT2D eigenvalue weighted by Gasteiger charge is 2.24. The van der Waals surface area contributed by atoms with E-state index < -0.39 is 17.1 Å². The van der Waals surface area contributed by atoms with Crippen molar-refractivity contribution < 1.29 is 23.9 Å². The zero-order chi connectivity index (χ0) is 32.6. The standard InChI is InChI=1S/C38H31N3O5S/c1-25-15-17-26(18-16-25)21-32(41-36(42)28-11-6-3-7-12-28)37(43)39-29-13-8-14-31(22-29)47-35(27-9-4-2-5-10-27)38(44)40-30-19-20-33-34(23-30)46-24-45-33/h2-23,35H,24H2,1H3,(H,39,43)(H,40,44)(H,41,42)/b32-21-. The smallest absolute Gasteiger partial charge is 0.272 e. The van der Waals surface area contributed by atoms with Crippen molar-refractivity contribution in [1.82, 2.24) is 5.32 Å². The molecule has 5 aromatic carbocycles. The average Bonchev–Trinajstić information content (AvgIpc) is 3.57. The Kier molecular flexibility index (Phi) is 9.64. The lowest BCUT2D eigenvalue weighted by Gasteiger charge is -2.18. The molecule has 6 rings (SSSR count). The third-order valence-electron chi connectivity index (χ3n) is 7.24. The molecule has 1 heterocycles. The van der Waals surface area contributed by atoms with Crippen LogP contribution in [0.4, 0.5) is 11.4 Å². The predicted octanol–water partition coefficient (Wildman–Crippen LogP) is 7.61. The third-order valence-corrected chi connectivity index (χ3v) is 8.49. The fourth-order valence-corrected chi connectivity index (χ4v) is 5.92. The SMILES string of the molecule is Cc1ccc(/C=C(\NC(=O)c2ccccc2)C(=O)Nc2cccc(SC(C(=O)Nc3ccc4c(c3)OCO4)c3ccccc3)c2)cc1. The van der Waals surface area contributed by atoms with E-state index in [9.17, 15) is 14.4 Å². The summed E-state index contributed by atoms with van der Waals surface area (Å²) in [6.45, 7) is 2.12. The van der Waals surface area contributed by atoms with Crippen molar-refractivity contribution in [3.05, 3.63) is 155 Å². The van der Waals surface area contributed by atoms with E-state index >= 15 is 0 Å². The van der Waals surface area contributed by atoms with Crippen LogP contribution in [0.1, 0.15) is 32.3 Å². The minimum atomic E-state index is -0.602. The molecular weight excluding hydrogens is 611 g/mol. The van der Waals surface area contributed by atoms with Gasteiger partial charge in [-0.3, -0.25) is 14.4 Å². The maximum atomic E-state index is 13.7. The van der Waals surface area contributed by atoms with E-state index in [-0.39, 0.29) is 18.4 Å². The van der Waals surface area contributed by atoms with Crippen LogP contribution in [-0.2, 0) is 9.59 Å². The molecule has 234 valence electrons. The van der Waals surface area contributed by atoms with Gasteiger partial charge in [0.25, 0.3) is 11.8 Å². The first-order valence-electron chi connectivity index (χ1n) is 14.9. The molecule has 0 saturated heterocycles. The monoisotopic (exact) mass is 641 g/mol. The summed E-state index contributed by atoms with van der Waals surface area (Å²) in [5, 5.41) is 8.08. The molecule has 1 aliphatic rings. The Labute approximate surface area is 276 Å². The zero-order valence-corrected chi connectivity index (χ0v) is 26.3. The number of hydrogen-bond donors (Lipinski definition) is 3. The van der Waals surface area contributed by atoms with E-state index in [0.717, 1.165) is 21.6 Å². The highest BCUT2D eigenvalue weighted by molar-refractivity contribution is 8.00. The maximum absolute atomic E-state index is 13.7. The van der Waals surface area contributed by atoms with Gasteiger partial charge < -0.3 is 25.4 Å². The molecule has 0 aromatic heterocycles. The van der Waals surface area contributed by atoms with Crippen LogP contribution in [0.2, 0.25) is 0 Å². The number of amides is 3. The summed E-state index contributed by atoms with van der Waals surface area (Å²) in [5.74, 6) is 0.0967. The van der Waals surface area contributed by atoms with Crippen LogP contribution >= 0.6 is 11.8 Å². The number of rotatable bonds is 10. The van der Waals surface area contributed by atoms with Crippen molar-refractivity contribution in [2.24, 2.45) is 0 Å². The summed E-state index contributed by atoms with van der Waals surface area (Å²) in [6.07, 6.45) is 1.64. The van der Waals surface area contributed by atoms with Crippen LogP contribution in [0.15, 0.2) is 138 Å². The van der Waals surface area contributed by atoms with Gasteiger partial charge in [-0.2, -0.15) is 0 Å². The summed E-state index contributed by atoms with van der Waals surface area (Å²) < 4.78 is 10.9. The van der Waals surface area contributed by atoms with Crippen LogP contribution in [0.3, 0.4) is 0 Å². The summed E-state index contributed by atoms with van der Waals surface area (Å²) in [6, 6.07) is 38.3. The van der Waals surface area contributed by atoms with Crippen molar-refractivity contribution in [3.8, 4) is 11.5 Å². The molecule has 0 spiro atoms. The van der Waals surface area contributed by atoms with Gasteiger partial charge in [0.05, 0.1) is 0 Å². The molecular formula is C38H31N3O5S. The van der Waals surface area contributed by atoms with Gasteiger partial charge in [-0.15, -0.1) is 11.8 Å². The Balaban J connectivity index is 1.22. The lowest BCUT2D eigenvalue weighted by atomic mass is 10.1. The molecule has 9 heteroatoms. The highest BCUT2D eigenvalue weighted by atomic mass is 32.2. The van der Waals surface area contributed by atoms with Gasteiger partial charge in [0.15, 0.2) is 11.5 Å². The number of anilines is 2. The van der Waals surface area contributed by atoms with Crippen LogP contribution < -0.4 is 25.4 Å². The fraction of sp³-hybridized carbons (Fsp3) is 0.0789. The molecule has 0 bridgehead atoms. The van der Waals surface area contributed by atoms with Crippen molar-refractivity contribution in [2.45, 2.75) is 17.1 Å². The lowest BCUT2D eigenvalue weighted by molar-refractivity contribution is -0.116. The Morgan fingerprint density at radius 1 is 0.723 bits per heavy atom. The first-order valence-corrected chi connectivity index (χ1v) is 15.8. The summed E-state index contributed by atoms with van der Waals surface area (Å²) in [5.41, 5.74) is 4.27. The van der Waals surface area contributed by atoms with E-state index in [1.807, 2.05) is 79.7 Å². The zero-order valence-electron chi connectivity index (χ0n) is 25.4. The molecule has 5 aromatic rings. The van der Waals surface area contributed by atoms with Gasteiger partial charge in [0.2, 0.25) is 12.7 Å². The predicted molar refractivity (Wildman–Crippen MR) is 184 cm³/mol. The summed E-state index contributed by atoms with van der Waals surface area (Å²) in [7, 11) is 0. The summed E-state index contributed by atoms with van der Waals surface area (Å²) in [4.78, 5) is 41.1. The Morgan fingerprint density at radius 2 is 1.43 bits per heavy atom. The van der Waals surface area contributed by atoms with Gasteiger partial charge in [-0.1, -0.05) is 84.4 Å². The topological polar surface area (TPSA) is 106 Å². The molecule has 0 fully saturated rings. The van der Waals surface area contributed by atoms with Crippen LogP contribution in [0.25, 0.3) is 6.08 Å². The molecule has 47 heavy (non-hydrogen) atoms. The number of fused-ring (bicyclic) bond motifs is 1. The number of ether oxygens (including phenoxy) is 2. The quantitative estimate of drug-likeness (QED) is 0.107. The number of thioether (sulfide) groups is 1. The fourth-order valence-electron chi connectivity index (χ4n) is 4.84. The molecule has 0 radical (unpaired) electrons. The number of hydrogen-bond acceptors (Lipinski definition) is 6. The third kappa shape index (κ3) is 8.08. The Morgan fingerprint density at radius 3 is 2.19 bits per heavy atom. The van der Waals surface area contributed by atoms with E-state index in [0.29, 0.717) is 28.4 Å². The van der Waals surface area contributed by atoms with Crippen molar-refractivity contribution >= 4 is 46.9 Å². The normalized spacial score (nSPS) is 12.6. The minimum Gasteiger partial charge on any atom is -0.454 e. The van der Waals surface area contributed by atoms with E-state index in [2.05, 4.69) is 16.0 Å².